The van der Waals surface area contributed by atoms with Crippen LogP contribution in [0.5, 0.6) is 0 Å². The molecule has 20 heavy (non-hydrogen) atoms. The van der Waals surface area contributed by atoms with Gasteiger partial charge in [-0.25, -0.2) is 13.1 Å². The van der Waals surface area contributed by atoms with Gasteiger partial charge in [0.15, 0.2) is 0 Å². The Morgan fingerprint density at radius 2 is 1.75 bits per heavy atom. The molecule has 0 unspecified atom stereocenters. The molecule has 1 heterocycles. The minimum Gasteiger partial charge on any atom is -0.431 e. The molecule has 0 fully saturated rings. The molecule has 108 valence electrons. The summed E-state index contributed by atoms with van der Waals surface area (Å²) in [5.41, 5.74) is 2.79. The van der Waals surface area contributed by atoms with Crippen molar-refractivity contribution in [2.45, 2.75) is 25.7 Å². The zero-order valence-corrected chi connectivity index (χ0v) is 12.6. The Morgan fingerprint density at radius 3 is 2.20 bits per heavy atom. The first-order valence-electron chi connectivity index (χ1n) is 6.07. The van der Waals surface area contributed by atoms with E-state index in [0.717, 1.165) is 5.69 Å². The third kappa shape index (κ3) is 2.77. The zero-order chi connectivity index (χ0) is 14.9. The Hall–Kier alpha value is -2.02. The first-order chi connectivity index (χ1) is 9.33. The van der Waals surface area contributed by atoms with E-state index >= 15 is 0 Å². The van der Waals surface area contributed by atoms with Gasteiger partial charge >= 0.3 is 6.01 Å². The van der Waals surface area contributed by atoms with Crippen molar-refractivity contribution < 1.29 is 12.8 Å². The standard InChI is InChI=1S/C13H17N3O3S/c1-8-5-11(14-4)6-9(2)12(8)20(17,18)16-13-15-10(3)7-19-13/h5-7,14H,1-4H3,(H,15,16). The molecular formula is C13H17N3O3S. The molecule has 2 rings (SSSR count). The molecule has 1 aromatic heterocycles. The Kier molecular flexibility index (Phi) is 3.71. The second kappa shape index (κ2) is 5.16. The second-order valence-electron chi connectivity index (χ2n) is 4.59. The van der Waals surface area contributed by atoms with Crippen molar-refractivity contribution in [3.63, 3.8) is 0 Å². The van der Waals surface area contributed by atoms with Crippen LogP contribution in [0.2, 0.25) is 0 Å². The lowest BCUT2D eigenvalue weighted by Crippen LogP contribution is -2.16. The first kappa shape index (κ1) is 14.4. The van der Waals surface area contributed by atoms with E-state index in [4.69, 9.17) is 4.42 Å². The van der Waals surface area contributed by atoms with Crippen LogP contribution in [0.1, 0.15) is 16.8 Å². The van der Waals surface area contributed by atoms with Crippen LogP contribution in [-0.4, -0.2) is 20.4 Å². The molecule has 0 radical (unpaired) electrons. The van der Waals surface area contributed by atoms with Gasteiger partial charge in [-0.1, -0.05) is 0 Å². The molecule has 0 aliphatic heterocycles. The first-order valence-corrected chi connectivity index (χ1v) is 7.56. The predicted molar refractivity (Wildman–Crippen MR) is 77.5 cm³/mol. The van der Waals surface area contributed by atoms with Crippen molar-refractivity contribution in [3.8, 4) is 0 Å². The number of oxazole rings is 1. The highest BCUT2D eigenvalue weighted by Crippen LogP contribution is 2.26. The third-order valence-electron chi connectivity index (χ3n) is 2.86. The lowest BCUT2D eigenvalue weighted by atomic mass is 10.1. The molecule has 0 spiro atoms. The summed E-state index contributed by atoms with van der Waals surface area (Å²) in [6.45, 7) is 5.23. The number of hydrogen-bond donors (Lipinski definition) is 2. The molecule has 2 aromatic rings. The molecule has 0 amide bonds. The van der Waals surface area contributed by atoms with Gasteiger partial charge in [0, 0.05) is 12.7 Å². The number of hydrogen-bond acceptors (Lipinski definition) is 5. The second-order valence-corrected chi connectivity index (χ2v) is 6.21. The van der Waals surface area contributed by atoms with Crippen LogP contribution in [0.15, 0.2) is 27.7 Å². The summed E-state index contributed by atoms with van der Waals surface area (Å²) in [6, 6.07) is 3.53. The summed E-state index contributed by atoms with van der Waals surface area (Å²) in [5.74, 6) is 0. The number of aromatic nitrogens is 1. The highest BCUT2D eigenvalue weighted by atomic mass is 32.2. The molecule has 6 nitrogen and oxygen atoms in total. The number of aryl methyl sites for hydroxylation is 3. The zero-order valence-electron chi connectivity index (χ0n) is 11.8. The Morgan fingerprint density at radius 1 is 1.15 bits per heavy atom. The fourth-order valence-electron chi connectivity index (χ4n) is 2.09. The van der Waals surface area contributed by atoms with E-state index in [9.17, 15) is 8.42 Å². The Balaban J connectivity index is 2.44. The summed E-state index contributed by atoms with van der Waals surface area (Å²) < 4.78 is 32.2. The summed E-state index contributed by atoms with van der Waals surface area (Å²) in [4.78, 5) is 4.19. The molecular weight excluding hydrogens is 278 g/mol. The summed E-state index contributed by atoms with van der Waals surface area (Å²) in [5, 5.41) is 2.99. The molecule has 0 bridgehead atoms. The van der Waals surface area contributed by atoms with Gasteiger partial charge in [-0.05, 0) is 44.0 Å². The van der Waals surface area contributed by atoms with Gasteiger partial charge in [-0.2, -0.15) is 4.98 Å². The number of nitrogens with one attached hydrogen (secondary N) is 2. The van der Waals surface area contributed by atoms with Gasteiger partial charge in [0.05, 0.1) is 10.6 Å². The van der Waals surface area contributed by atoms with Crippen molar-refractivity contribution in [1.29, 1.82) is 0 Å². The van der Waals surface area contributed by atoms with Crippen molar-refractivity contribution in [1.82, 2.24) is 4.98 Å². The van der Waals surface area contributed by atoms with Crippen LogP contribution >= 0.6 is 0 Å². The average Bonchev–Trinajstić information content (AvgIpc) is 2.72. The SMILES string of the molecule is CNc1cc(C)c(S(=O)(=O)Nc2nc(C)co2)c(C)c1. The van der Waals surface area contributed by atoms with Gasteiger partial charge < -0.3 is 9.73 Å². The monoisotopic (exact) mass is 295 g/mol. The largest absolute Gasteiger partial charge is 0.431 e. The highest BCUT2D eigenvalue weighted by Gasteiger charge is 2.22. The quantitative estimate of drug-likeness (QED) is 0.905. The average molecular weight is 295 g/mol. The summed E-state index contributed by atoms with van der Waals surface area (Å²) in [7, 11) is -1.93. The van der Waals surface area contributed by atoms with E-state index in [1.165, 1.54) is 6.26 Å². The lowest BCUT2D eigenvalue weighted by molar-refractivity contribution is 0.569. The van der Waals surface area contributed by atoms with Crippen LogP contribution in [0.4, 0.5) is 11.7 Å². The predicted octanol–water partition coefficient (Wildman–Crippen LogP) is 2.44. The van der Waals surface area contributed by atoms with E-state index in [1.54, 1.807) is 40.0 Å². The van der Waals surface area contributed by atoms with Crippen molar-refractivity contribution in [2.24, 2.45) is 0 Å². The normalized spacial score (nSPS) is 11.4. The molecule has 1 aromatic carbocycles. The maximum atomic E-state index is 12.4. The van der Waals surface area contributed by atoms with E-state index < -0.39 is 10.0 Å². The molecule has 0 aliphatic carbocycles. The van der Waals surface area contributed by atoms with Crippen LogP contribution in [0.3, 0.4) is 0 Å². The van der Waals surface area contributed by atoms with E-state index in [0.29, 0.717) is 16.8 Å². The van der Waals surface area contributed by atoms with Crippen LogP contribution in [-0.2, 0) is 10.0 Å². The number of nitrogens with zero attached hydrogens (tertiary/aromatic N) is 1. The molecule has 0 atom stereocenters. The van der Waals surface area contributed by atoms with Crippen LogP contribution in [0.25, 0.3) is 0 Å². The van der Waals surface area contributed by atoms with Gasteiger partial charge in [0.25, 0.3) is 10.0 Å². The van der Waals surface area contributed by atoms with Gasteiger partial charge in [-0.15, -0.1) is 0 Å². The molecule has 0 saturated carbocycles. The summed E-state index contributed by atoms with van der Waals surface area (Å²) in [6.07, 6.45) is 1.39. The highest BCUT2D eigenvalue weighted by molar-refractivity contribution is 7.92. The van der Waals surface area contributed by atoms with Crippen molar-refractivity contribution in [3.05, 3.63) is 35.2 Å². The van der Waals surface area contributed by atoms with Crippen LogP contribution in [0, 0.1) is 20.8 Å². The van der Waals surface area contributed by atoms with Crippen LogP contribution < -0.4 is 10.0 Å². The fourth-order valence-corrected chi connectivity index (χ4v) is 3.48. The molecule has 2 N–H and O–H groups in total. The maximum absolute atomic E-state index is 12.4. The summed E-state index contributed by atoms with van der Waals surface area (Å²) >= 11 is 0. The topological polar surface area (TPSA) is 84.2 Å². The van der Waals surface area contributed by atoms with Gasteiger partial charge in [-0.3, -0.25) is 0 Å². The number of rotatable bonds is 4. The fraction of sp³-hybridized carbons (Fsp3) is 0.308. The van der Waals surface area contributed by atoms with E-state index in [2.05, 4.69) is 15.0 Å². The van der Waals surface area contributed by atoms with Gasteiger partial charge in [0.2, 0.25) is 0 Å². The van der Waals surface area contributed by atoms with Crippen molar-refractivity contribution in [2.75, 3.05) is 17.1 Å². The lowest BCUT2D eigenvalue weighted by Gasteiger charge is -2.13. The number of anilines is 2. The maximum Gasteiger partial charge on any atom is 0.309 e. The van der Waals surface area contributed by atoms with Gasteiger partial charge in [0.1, 0.15) is 6.26 Å². The third-order valence-corrected chi connectivity index (χ3v) is 4.48. The molecule has 7 heteroatoms. The van der Waals surface area contributed by atoms with E-state index in [-0.39, 0.29) is 10.9 Å². The number of sulfonamides is 1. The smallest absolute Gasteiger partial charge is 0.309 e. The molecule has 0 aliphatic rings. The van der Waals surface area contributed by atoms with Crippen molar-refractivity contribution >= 4 is 21.7 Å². The minimum absolute atomic E-state index is 0.0287. The minimum atomic E-state index is -3.72. The number of benzene rings is 1. The van der Waals surface area contributed by atoms with E-state index in [1.807, 2.05) is 0 Å². The molecule has 0 saturated heterocycles. The Bertz CT molecular complexity index is 712. The Labute approximate surface area is 118 Å².